The Morgan fingerprint density at radius 2 is 2.06 bits per heavy atom. The lowest BCUT2D eigenvalue weighted by Gasteiger charge is -2.35. The minimum absolute atomic E-state index is 0.165. The van der Waals surface area contributed by atoms with Crippen molar-refractivity contribution < 1.29 is 4.79 Å². The molecule has 0 saturated heterocycles. The second-order valence-electron chi connectivity index (χ2n) is 5.54. The van der Waals surface area contributed by atoms with E-state index < -0.39 is 0 Å². The van der Waals surface area contributed by atoms with Crippen molar-refractivity contribution in [3.05, 3.63) is 0 Å². The highest BCUT2D eigenvalue weighted by atomic mass is 16.2. The largest absolute Gasteiger partial charge is 0.355 e. The van der Waals surface area contributed by atoms with E-state index in [2.05, 4.69) is 10.2 Å². The lowest BCUT2D eigenvalue weighted by Crippen LogP contribution is -2.44. The lowest BCUT2D eigenvalue weighted by molar-refractivity contribution is -0.122. The second kappa shape index (κ2) is 5.15. The lowest BCUT2D eigenvalue weighted by atomic mass is 9.81. The van der Waals surface area contributed by atoms with Crippen LogP contribution in [0.5, 0.6) is 0 Å². The van der Waals surface area contributed by atoms with Gasteiger partial charge in [0, 0.05) is 19.1 Å². The van der Waals surface area contributed by atoms with Crippen LogP contribution in [0.1, 0.15) is 25.7 Å². The molecule has 2 fully saturated rings. The van der Waals surface area contributed by atoms with Crippen molar-refractivity contribution in [2.24, 2.45) is 17.6 Å². The van der Waals surface area contributed by atoms with Crippen LogP contribution in [0.15, 0.2) is 0 Å². The molecule has 16 heavy (non-hydrogen) atoms. The maximum atomic E-state index is 11.6. The van der Waals surface area contributed by atoms with Crippen LogP contribution >= 0.6 is 0 Å². The van der Waals surface area contributed by atoms with Gasteiger partial charge in [-0.05, 0) is 44.6 Å². The zero-order chi connectivity index (χ0) is 11.5. The number of carbonyl (C=O) groups excluding carboxylic acids is 1. The van der Waals surface area contributed by atoms with Gasteiger partial charge in [0.25, 0.3) is 0 Å². The summed E-state index contributed by atoms with van der Waals surface area (Å²) in [6, 6.07) is 0.405. The highest BCUT2D eigenvalue weighted by molar-refractivity contribution is 5.77. The highest BCUT2D eigenvalue weighted by Crippen LogP contribution is 2.27. The molecule has 2 rings (SSSR count). The number of nitrogens with two attached hydrogens (primary N) is 1. The van der Waals surface area contributed by atoms with Crippen molar-refractivity contribution in [2.45, 2.75) is 31.7 Å². The highest BCUT2D eigenvalue weighted by Gasteiger charge is 2.27. The number of hydrogen-bond acceptors (Lipinski definition) is 3. The first-order chi connectivity index (χ1) is 7.63. The summed E-state index contributed by atoms with van der Waals surface area (Å²) in [5.41, 5.74) is 5.74. The van der Waals surface area contributed by atoms with E-state index in [1.807, 2.05) is 7.05 Å². The molecule has 2 saturated carbocycles. The first kappa shape index (κ1) is 11.9. The van der Waals surface area contributed by atoms with Crippen LogP contribution in [0.25, 0.3) is 0 Å². The number of carbonyl (C=O) groups is 1. The molecule has 0 heterocycles. The van der Waals surface area contributed by atoms with Crippen molar-refractivity contribution in [3.63, 3.8) is 0 Å². The van der Waals surface area contributed by atoms with E-state index in [9.17, 15) is 4.79 Å². The van der Waals surface area contributed by atoms with Crippen LogP contribution in [0.2, 0.25) is 0 Å². The van der Waals surface area contributed by atoms with E-state index >= 15 is 0 Å². The molecule has 1 amide bonds. The molecule has 4 nitrogen and oxygen atoms in total. The van der Waals surface area contributed by atoms with Crippen LogP contribution in [-0.2, 0) is 4.79 Å². The van der Waals surface area contributed by atoms with Gasteiger partial charge in [-0.3, -0.25) is 9.69 Å². The normalized spacial score (nSPS) is 28.9. The van der Waals surface area contributed by atoms with E-state index in [0.717, 1.165) is 31.8 Å². The number of nitrogens with zero attached hydrogens (tertiary/aromatic N) is 1. The molecule has 92 valence electrons. The molecule has 0 atom stereocenters. The summed E-state index contributed by atoms with van der Waals surface area (Å²) in [7, 11) is 2.01. The van der Waals surface area contributed by atoms with Crippen molar-refractivity contribution in [3.8, 4) is 0 Å². The Bertz CT molecular complexity index is 247. The topological polar surface area (TPSA) is 58.4 Å². The van der Waals surface area contributed by atoms with Crippen molar-refractivity contribution in [1.29, 1.82) is 0 Å². The number of likely N-dealkylation sites (N-methyl/N-ethyl adjacent to an activating group) is 1. The summed E-state index contributed by atoms with van der Waals surface area (Å²) < 4.78 is 0. The zero-order valence-corrected chi connectivity index (χ0v) is 10.1. The van der Waals surface area contributed by atoms with Crippen LogP contribution < -0.4 is 11.1 Å². The minimum Gasteiger partial charge on any atom is -0.355 e. The molecule has 0 unspecified atom stereocenters. The summed E-state index contributed by atoms with van der Waals surface area (Å²) in [6.07, 6.45) is 4.81. The molecule has 0 aliphatic heterocycles. The van der Waals surface area contributed by atoms with E-state index in [1.165, 1.54) is 12.8 Å². The Labute approximate surface area is 97.6 Å². The van der Waals surface area contributed by atoms with E-state index in [1.54, 1.807) is 0 Å². The van der Waals surface area contributed by atoms with Gasteiger partial charge in [0.15, 0.2) is 0 Å². The third-order valence-corrected chi connectivity index (χ3v) is 3.54. The Morgan fingerprint density at radius 1 is 1.38 bits per heavy atom. The van der Waals surface area contributed by atoms with Gasteiger partial charge in [-0.1, -0.05) is 0 Å². The van der Waals surface area contributed by atoms with E-state index in [-0.39, 0.29) is 5.91 Å². The van der Waals surface area contributed by atoms with Crippen molar-refractivity contribution in [1.82, 2.24) is 10.2 Å². The molecule has 0 aromatic rings. The molecular weight excluding hydrogens is 202 g/mol. The van der Waals surface area contributed by atoms with Crippen molar-refractivity contribution in [2.75, 3.05) is 26.7 Å². The molecule has 2 aliphatic rings. The number of rotatable bonds is 6. The standard InChI is InChI=1S/C12H23N3O/c1-15(7-10-4-11(13)5-10)8-12(16)14-6-9-2-3-9/h9-11H,2-8,13H2,1H3,(H,14,16). The molecular formula is C12H23N3O. The van der Waals surface area contributed by atoms with Gasteiger partial charge in [0.05, 0.1) is 6.54 Å². The molecule has 0 radical (unpaired) electrons. The minimum atomic E-state index is 0.165. The summed E-state index contributed by atoms with van der Waals surface area (Å²) in [4.78, 5) is 13.7. The van der Waals surface area contributed by atoms with Crippen LogP contribution in [0.4, 0.5) is 0 Å². The van der Waals surface area contributed by atoms with Crippen LogP contribution in [-0.4, -0.2) is 43.5 Å². The van der Waals surface area contributed by atoms with Gasteiger partial charge in [-0.2, -0.15) is 0 Å². The monoisotopic (exact) mass is 225 g/mol. The van der Waals surface area contributed by atoms with Crippen LogP contribution in [0.3, 0.4) is 0 Å². The predicted octanol–water partition coefficient (Wildman–Crippen LogP) is 0.182. The Hall–Kier alpha value is -0.610. The summed E-state index contributed by atoms with van der Waals surface area (Å²) in [5.74, 6) is 1.63. The summed E-state index contributed by atoms with van der Waals surface area (Å²) in [6.45, 7) is 2.41. The second-order valence-corrected chi connectivity index (χ2v) is 5.54. The Balaban J connectivity index is 1.54. The fourth-order valence-corrected chi connectivity index (χ4v) is 2.32. The van der Waals surface area contributed by atoms with Crippen molar-refractivity contribution >= 4 is 5.91 Å². The van der Waals surface area contributed by atoms with Gasteiger partial charge >= 0.3 is 0 Å². The average Bonchev–Trinajstić information content (AvgIpc) is 2.95. The van der Waals surface area contributed by atoms with Gasteiger partial charge in [-0.15, -0.1) is 0 Å². The Kier molecular flexibility index (Phi) is 3.82. The summed E-state index contributed by atoms with van der Waals surface area (Å²) >= 11 is 0. The third kappa shape index (κ3) is 3.76. The van der Waals surface area contributed by atoms with E-state index in [0.29, 0.717) is 18.5 Å². The fourth-order valence-electron chi connectivity index (χ4n) is 2.32. The van der Waals surface area contributed by atoms with Gasteiger partial charge in [0.2, 0.25) is 5.91 Å². The average molecular weight is 225 g/mol. The van der Waals surface area contributed by atoms with Gasteiger partial charge < -0.3 is 11.1 Å². The number of amides is 1. The third-order valence-electron chi connectivity index (χ3n) is 3.54. The molecule has 0 aromatic heterocycles. The zero-order valence-electron chi connectivity index (χ0n) is 10.1. The van der Waals surface area contributed by atoms with Gasteiger partial charge in [-0.25, -0.2) is 0 Å². The molecule has 4 heteroatoms. The predicted molar refractivity (Wildman–Crippen MR) is 63.9 cm³/mol. The smallest absolute Gasteiger partial charge is 0.234 e. The SMILES string of the molecule is CN(CC(=O)NCC1CC1)CC1CC(N)C1. The number of nitrogens with one attached hydrogen (secondary N) is 1. The molecule has 0 bridgehead atoms. The molecule has 3 N–H and O–H groups in total. The van der Waals surface area contributed by atoms with Gasteiger partial charge in [0.1, 0.15) is 0 Å². The number of hydrogen-bond donors (Lipinski definition) is 2. The quantitative estimate of drug-likeness (QED) is 0.678. The summed E-state index contributed by atoms with van der Waals surface area (Å²) in [5, 5.41) is 2.99. The molecule has 2 aliphatic carbocycles. The molecule has 0 spiro atoms. The fraction of sp³-hybridized carbons (Fsp3) is 0.917. The maximum Gasteiger partial charge on any atom is 0.234 e. The maximum absolute atomic E-state index is 11.6. The van der Waals surface area contributed by atoms with Crippen LogP contribution in [0, 0.1) is 11.8 Å². The molecule has 0 aromatic carbocycles. The van der Waals surface area contributed by atoms with E-state index in [4.69, 9.17) is 5.73 Å². The Morgan fingerprint density at radius 3 is 2.62 bits per heavy atom. The first-order valence-corrected chi connectivity index (χ1v) is 6.34. The first-order valence-electron chi connectivity index (χ1n) is 6.34.